The molecule has 0 aromatic heterocycles. The first-order valence-electron chi connectivity index (χ1n) is 5.37. The van der Waals surface area contributed by atoms with Crippen molar-refractivity contribution < 1.29 is 8.76 Å². The van der Waals surface area contributed by atoms with E-state index in [0.717, 1.165) is 12.8 Å². The van der Waals surface area contributed by atoms with Gasteiger partial charge in [0.2, 0.25) is 11.3 Å². The maximum Gasteiger partial charge on any atom is 0.234 e. The molecule has 0 amide bonds. The van der Waals surface area contributed by atoms with E-state index in [2.05, 4.69) is 27.7 Å². The van der Waals surface area contributed by atoms with Gasteiger partial charge in [0.05, 0.1) is 0 Å². The van der Waals surface area contributed by atoms with Crippen molar-refractivity contribution in [1.29, 1.82) is 0 Å². The third-order valence-corrected chi connectivity index (χ3v) is 3.39. The summed E-state index contributed by atoms with van der Waals surface area (Å²) in [5.41, 5.74) is 0. The zero-order valence-corrected chi connectivity index (χ0v) is 10.5. The van der Waals surface area contributed by atoms with E-state index in [9.17, 15) is 4.21 Å². The molecule has 0 aliphatic heterocycles. The van der Waals surface area contributed by atoms with Crippen molar-refractivity contribution in [3.05, 3.63) is 0 Å². The molecule has 0 bridgehead atoms. The van der Waals surface area contributed by atoms with Crippen molar-refractivity contribution in [1.82, 2.24) is 4.31 Å². The van der Waals surface area contributed by atoms with Crippen molar-refractivity contribution in [2.45, 2.75) is 40.5 Å². The van der Waals surface area contributed by atoms with Crippen molar-refractivity contribution in [3.8, 4) is 0 Å². The Kier molecular flexibility index (Phi) is 7.41. The summed E-state index contributed by atoms with van der Waals surface area (Å²) in [6, 6.07) is 0. The van der Waals surface area contributed by atoms with Gasteiger partial charge in [-0.2, -0.15) is 0 Å². The Morgan fingerprint density at radius 1 is 1.14 bits per heavy atom. The lowest BCUT2D eigenvalue weighted by Crippen LogP contribution is -2.33. The SMILES string of the molecule is CCC(C)CN(CC(C)CC)S(=O)O. The van der Waals surface area contributed by atoms with E-state index in [1.165, 1.54) is 0 Å². The molecule has 0 rings (SSSR count). The summed E-state index contributed by atoms with van der Waals surface area (Å²) in [5.74, 6) is 0.963. The number of nitrogens with zero attached hydrogens (tertiary/aromatic N) is 1. The maximum atomic E-state index is 11.0. The predicted molar refractivity (Wildman–Crippen MR) is 61.3 cm³/mol. The van der Waals surface area contributed by atoms with Crippen molar-refractivity contribution in [2.75, 3.05) is 13.1 Å². The molecule has 0 heterocycles. The molecule has 3 unspecified atom stereocenters. The molecule has 0 saturated carbocycles. The first-order valence-corrected chi connectivity index (χ1v) is 6.43. The molecule has 4 heteroatoms. The number of hydrogen-bond donors (Lipinski definition) is 1. The quantitative estimate of drug-likeness (QED) is 0.671. The summed E-state index contributed by atoms with van der Waals surface area (Å²) in [7, 11) is 0. The predicted octanol–water partition coefficient (Wildman–Crippen LogP) is 2.52. The van der Waals surface area contributed by atoms with Gasteiger partial charge in [-0.25, -0.2) is 8.51 Å². The second-order valence-electron chi connectivity index (χ2n) is 4.10. The van der Waals surface area contributed by atoms with E-state index in [0.29, 0.717) is 24.9 Å². The van der Waals surface area contributed by atoms with Crippen molar-refractivity contribution in [3.63, 3.8) is 0 Å². The molecule has 0 fully saturated rings. The highest BCUT2D eigenvalue weighted by molar-refractivity contribution is 7.76. The van der Waals surface area contributed by atoms with Crippen LogP contribution in [0.15, 0.2) is 0 Å². The normalized spacial score (nSPS) is 18.1. The molecule has 0 aliphatic rings. The van der Waals surface area contributed by atoms with Gasteiger partial charge in [-0.1, -0.05) is 40.5 Å². The molecule has 0 spiro atoms. The Hall–Kier alpha value is 0.0700. The number of hydrogen-bond acceptors (Lipinski definition) is 1. The van der Waals surface area contributed by atoms with Crippen LogP contribution in [0.1, 0.15) is 40.5 Å². The highest BCUT2D eigenvalue weighted by Gasteiger charge is 2.16. The Labute approximate surface area is 90.3 Å². The summed E-state index contributed by atoms with van der Waals surface area (Å²) in [4.78, 5) is 0. The van der Waals surface area contributed by atoms with Gasteiger partial charge in [-0.05, 0) is 11.8 Å². The lowest BCUT2D eigenvalue weighted by Gasteiger charge is -2.23. The van der Waals surface area contributed by atoms with Gasteiger partial charge in [0.1, 0.15) is 0 Å². The molecule has 0 radical (unpaired) electrons. The minimum Gasteiger partial charge on any atom is -0.294 e. The highest BCUT2D eigenvalue weighted by Crippen LogP contribution is 2.10. The third-order valence-electron chi connectivity index (χ3n) is 2.65. The van der Waals surface area contributed by atoms with Crippen LogP contribution in [0, 0.1) is 11.8 Å². The Bertz CT molecular complexity index is 164. The fourth-order valence-corrected chi connectivity index (χ4v) is 1.92. The van der Waals surface area contributed by atoms with Gasteiger partial charge >= 0.3 is 0 Å². The first-order chi connectivity index (χ1) is 6.51. The molecule has 1 N–H and O–H groups in total. The monoisotopic (exact) mass is 221 g/mol. The zero-order valence-electron chi connectivity index (χ0n) is 9.69. The summed E-state index contributed by atoms with van der Waals surface area (Å²) in [6.45, 7) is 9.85. The number of rotatable bonds is 7. The molecule has 0 saturated heterocycles. The lowest BCUT2D eigenvalue weighted by molar-refractivity contribution is 0.303. The van der Waals surface area contributed by atoms with Crippen molar-refractivity contribution >= 4 is 11.3 Å². The van der Waals surface area contributed by atoms with Crippen LogP contribution in [0.25, 0.3) is 0 Å². The van der Waals surface area contributed by atoms with Crippen LogP contribution in [-0.2, 0) is 11.3 Å². The molecule has 3 nitrogen and oxygen atoms in total. The van der Waals surface area contributed by atoms with E-state index >= 15 is 0 Å². The second kappa shape index (κ2) is 7.37. The van der Waals surface area contributed by atoms with Gasteiger partial charge in [0, 0.05) is 13.1 Å². The molecular formula is C10H23NO2S. The largest absolute Gasteiger partial charge is 0.294 e. The van der Waals surface area contributed by atoms with E-state index in [1.807, 2.05) is 0 Å². The van der Waals surface area contributed by atoms with Gasteiger partial charge < -0.3 is 0 Å². The zero-order chi connectivity index (χ0) is 11.1. The van der Waals surface area contributed by atoms with E-state index in [1.54, 1.807) is 4.31 Å². The summed E-state index contributed by atoms with van der Waals surface area (Å²) in [6.07, 6.45) is 2.10. The fraction of sp³-hybridized carbons (Fsp3) is 1.00. The minimum absolute atomic E-state index is 0.482. The van der Waals surface area contributed by atoms with E-state index in [-0.39, 0.29) is 0 Å². The second-order valence-corrected chi connectivity index (χ2v) is 5.08. The topological polar surface area (TPSA) is 40.5 Å². The molecule has 0 aromatic rings. The Balaban J connectivity index is 4.09. The van der Waals surface area contributed by atoms with Gasteiger partial charge in [0.25, 0.3) is 0 Å². The summed E-state index contributed by atoms with van der Waals surface area (Å²) < 4.78 is 21.8. The molecule has 0 aromatic carbocycles. The summed E-state index contributed by atoms with van der Waals surface area (Å²) >= 11 is -1.81. The smallest absolute Gasteiger partial charge is 0.234 e. The highest BCUT2D eigenvalue weighted by atomic mass is 32.2. The van der Waals surface area contributed by atoms with Gasteiger partial charge in [-0.15, -0.1) is 0 Å². The van der Waals surface area contributed by atoms with Crippen LogP contribution < -0.4 is 0 Å². The molecule has 86 valence electrons. The van der Waals surface area contributed by atoms with Crippen LogP contribution in [-0.4, -0.2) is 26.2 Å². The molecule has 14 heavy (non-hydrogen) atoms. The molecule has 3 atom stereocenters. The van der Waals surface area contributed by atoms with Gasteiger partial charge in [-0.3, -0.25) is 4.55 Å². The summed E-state index contributed by atoms with van der Waals surface area (Å²) in [5, 5.41) is 0. The van der Waals surface area contributed by atoms with Crippen molar-refractivity contribution in [2.24, 2.45) is 11.8 Å². The Morgan fingerprint density at radius 3 is 1.71 bits per heavy atom. The lowest BCUT2D eigenvalue weighted by atomic mass is 10.1. The molecular weight excluding hydrogens is 198 g/mol. The van der Waals surface area contributed by atoms with Crippen LogP contribution >= 0.6 is 0 Å². The average molecular weight is 221 g/mol. The maximum absolute atomic E-state index is 11.0. The van der Waals surface area contributed by atoms with Crippen LogP contribution in [0.4, 0.5) is 0 Å². The first kappa shape index (κ1) is 14.1. The van der Waals surface area contributed by atoms with Gasteiger partial charge in [0.15, 0.2) is 0 Å². The molecule has 0 aliphatic carbocycles. The van der Waals surface area contributed by atoms with Crippen LogP contribution in [0.5, 0.6) is 0 Å². The fourth-order valence-electron chi connectivity index (χ4n) is 1.16. The van der Waals surface area contributed by atoms with E-state index < -0.39 is 11.3 Å². The standard InChI is InChI=1S/C10H23NO2S/c1-5-9(3)7-11(14(12)13)8-10(4)6-2/h9-10H,5-8H2,1-4H3,(H,12,13). The Morgan fingerprint density at radius 2 is 1.50 bits per heavy atom. The minimum atomic E-state index is -1.81. The third kappa shape index (κ3) is 5.73. The van der Waals surface area contributed by atoms with Crippen LogP contribution in [0.3, 0.4) is 0 Å². The average Bonchev–Trinajstić information content (AvgIpc) is 2.16. The van der Waals surface area contributed by atoms with E-state index in [4.69, 9.17) is 4.55 Å². The van der Waals surface area contributed by atoms with Crippen LogP contribution in [0.2, 0.25) is 0 Å².